The highest BCUT2D eigenvalue weighted by Crippen LogP contribution is 2.22. The van der Waals surface area contributed by atoms with E-state index in [4.69, 9.17) is 4.74 Å². The molecule has 2 aliphatic rings. The lowest BCUT2D eigenvalue weighted by molar-refractivity contribution is -0.00613. The molecule has 1 fully saturated rings. The van der Waals surface area contributed by atoms with Gasteiger partial charge in [-0.05, 0) is 57.3 Å². The predicted molar refractivity (Wildman–Crippen MR) is 96.7 cm³/mol. The summed E-state index contributed by atoms with van der Waals surface area (Å²) >= 11 is 0. The van der Waals surface area contributed by atoms with Crippen LogP contribution in [0, 0.1) is 0 Å². The van der Waals surface area contributed by atoms with E-state index in [0.29, 0.717) is 23.8 Å². The van der Waals surface area contributed by atoms with Crippen molar-refractivity contribution >= 4 is 11.8 Å². The molecule has 136 valence electrons. The summed E-state index contributed by atoms with van der Waals surface area (Å²) < 4.78 is 5.85. The van der Waals surface area contributed by atoms with E-state index in [-0.39, 0.29) is 11.8 Å². The van der Waals surface area contributed by atoms with Crippen LogP contribution in [0.5, 0.6) is 0 Å². The number of nitrogens with zero attached hydrogens (tertiary/aromatic N) is 2. The molecule has 0 bridgehead atoms. The first-order chi connectivity index (χ1) is 12.2. The second kappa shape index (κ2) is 8.59. The molecule has 25 heavy (non-hydrogen) atoms. The number of hydrogen-bond donors (Lipinski definition) is 0. The second-order valence-electron chi connectivity index (χ2n) is 6.95. The van der Waals surface area contributed by atoms with Gasteiger partial charge in [-0.1, -0.05) is 19.1 Å². The van der Waals surface area contributed by atoms with Crippen LogP contribution in [0.25, 0.3) is 0 Å². The summed E-state index contributed by atoms with van der Waals surface area (Å²) in [6.45, 7) is 6.41. The minimum Gasteiger partial charge on any atom is -0.377 e. The van der Waals surface area contributed by atoms with Gasteiger partial charge in [-0.2, -0.15) is 0 Å². The number of amides is 2. The zero-order valence-corrected chi connectivity index (χ0v) is 15.1. The lowest BCUT2D eigenvalue weighted by Crippen LogP contribution is -2.38. The quantitative estimate of drug-likeness (QED) is 0.680. The van der Waals surface area contributed by atoms with Crippen LogP contribution in [0.3, 0.4) is 0 Å². The fraction of sp³-hybridized carbons (Fsp3) is 0.600. The van der Waals surface area contributed by atoms with E-state index in [2.05, 4.69) is 11.8 Å². The van der Waals surface area contributed by atoms with Crippen LogP contribution >= 0.6 is 0 Å². The van der Waals surface area contributed by atoms with Crippen molar-refractivity contribution in [3.8, 4) is 0 Å². The molecular formula is C20H28N2O3. The monoisotopic (exact) mass is 344 g/mol. The van der Waals surface area contributed by atoms with Gasteiger partial charge in [-0.25, -0.2) is 0 Å². The van der Waals surface area contributed by atoms with Crippen molar-refractivity contribution in [3.63, 3.8) is 0 Å². The number of rotatable bonds is 8. The van der Waals surface area contributed by atoms with Gasteiger partial charge in [0, 0.05) is 19.7 Å². The van der Waals surface area contributed by atoms with Crippen molar-refractivity contribution in [2.75, 3.05) is 32.8 Å². The van der Waals surface area contributed by atoms with Crippen LogP contribution < -0.4 is 0 Å². The molecule has 2 heterocycles. The van der Waals surface area contributed by atoms with Gasteiger partial charge < -0.3 is 9.64 Å². The molecule has 2 aliphatic heterocycles. The molecule has 1 atom stereocenters. The maximum absolute atomic E-state index is 12.4. The minimum atomic E-state index is -0.154. The number of carbonyl (C=O) groups is 2. The van der Waals surface area contributed by atoms with Gasteiger partial charge in [-0.15, -0.1) is 0 Å². The lowest BCUT2D eigenvalue weighted by Gasteiger charge is -2.30. The maximum Gasteiger partial charge on any atom is 0.261 e. The Balaban J connectivity index is 1.50. The van der Waals surface area contributed by atoms with Crippen molar-refractivity contribution in [2.24, 2.45) is 0 Å². The van der Waals surface area contributed by atoms with Crippen LogP contribution in [0.1, 0.15) is 59.7 Å². The smallest absolute Gasteiger partial charge is 0.261 e. The summed E-state index contributed by atoms with van der Waals surface area (Å²) in [4.78, 5) is 28.6. The molecule has 0 aliphatic carbocycles. The molecule has 0 N–H and O–H groups in total. The Morgan fingerprint density at radius 3 is 2.44 bits per heavy atom. The van der Waals surface area contributed by atoms with E-state index in [0.717, 1.165) is 45.5 Å². The summed E-state index contributed by atoms with van der Waals surface area (Å²) in [5, 5.41) is 0. The predicted octanol–water partition coefficient (Wildman–Crippen LogP) is 2.95. The molecule has 0 aromatic heterocycles. The topological polar surface area (TPSA) is 49.9 Å². The zero-order valence-electron chi connectivity index (χ0n) is 15.1. The molecule has 1 aromatic rings. The fourth-order valence-electron chi connectivity index (χ4n) is 3.74. The third-order valence-electron chi connectivity index (χ3n) is 5.01. The van der Waals surface area contributed by atoms with Gasteiger partial charge in [0.25, 0.3) is 11.8 Å². The molecule has 1 saturated heterocycles. The number of fused-ring (bicyclic) bond motifs is 1. The second-order valence-corrected chi connectivity index (χ2v) is 6.95. The highest BCUT2D eigenvalue weighted by atomic mass is 16.5. The Hall–Kier alpha value is -1.72. The average Bonchev–Trinajstić information content (AvgIpc) is 2.88. The fourth-order valence-corrected chi connectivity index (χ4v) is 3.74. The first kappa shape index (κ1) is 18.1. The number of ether oxygens (including phenoxy) is 1. The lowest BCUT2D eigenvalue weighted by atomic mass is 10.1. The van der Waals surface area contributed by atoms with E-state index < -0.39 is 0 Å². The molecule has 0 spiro atoms. The van der Waals surface area contributed by atoms with Crippen molar-refractivity contribution in [2.45, 2.75) is 45.1 Å². The SMILES string of the molecule is CCCN(CCCN1C(=O)c2ccccc2C1=O)CC1CCCCO1. The Bertz CT molecular complexity index is 576. The maximum atomic E-state index is 12.4. The number of carbonyl (C=O) groups excluding carboxylic acids is 2. The Kier molecular flexibility index (Phi) is 6.21. The first-order valence-corrected chi connectivity index (χ1v) is 9.50. The molecule has 0 radical (unpaired) electrons. The average molecular weight is 344 g/mol. The van der Waals surface area contributed by atoms with Gasteiger partial charge in [0.1, 0.15) is 0 Å². The first-order valence-electron chi connectivity index (χ1n) is 9.50. The molecule has 2 amide bonds. The van der Waals surface area contributed by atoms with E-state index in [1.54, 1.807) is 24.3 Å². The third kappa shape index (κ3) is 4.28. The van der Waals surface area contributed by atoms with Crippen molar-refractivity contribution < 1.29 is 14.3 Å². The van der Waals surface area contributed by atoms with Crippen LogP contribution in [-0.2, 0) is 4.74 Å². The Morgan fingerprint density at radius 2 is 1.84 bits per heavy atom. The van der Waals surface area contributed by atoms with Gasteiger partial charge >= 0.3 is 0 Å². The number of benzene rings is 1. The standard InChI is InChI=1S/C20H28N2O3/c1-2-11-21(15-16-8-5-6-14-25-16)12-7-13-22-19(23)17-9-3-4-10-18(17)20(22)24/h3-4,9-10,16H,2,5-8,11-15H2,1H3. The van der Waals surface area contributed by atoms with Gasteiger partial charge in [0.2, 0.25) is 0 Å². The van der Waals surface area contributed by atoms with Crippen LogP contribution in [0.15, 0.2) is 24.3 Å². The number of imide groups is 1. The van der Waals surface area contributed by atoms with E-state index in [1.165, 1.54) is 17.7 Å². The van der Waals surface area contributed by atoms with Gasteiger partial charge in [0.05, 0.1) is 17.2 Å². The molecule has 0 saturated carbocycles. The third-order valence-corrected chi connectivity index (χ3v) is 5.01. The summed E-state index contributed by atoms with van der Waals surface area (Å²) in [5.41, 5.74) is 1.07. The van der Waals surface area contributed by atoms with E-state index in [1.807, 2.05) is 0 Å². The van der Waals surface area contributed by atoms with Crippen LogP contribution in [0.2, 0.25) is 0 Å². The summed E-state index contributed by atoms with van der Waals surface area (Å²) in [6.07, 6.45) is 5.79. The molecular weight excluding hydrogens is 316 g/mol. The Morgan fingerprint density at radius 1 is 1.12 bits per heavy atom. The zero-order chi connectivity index (χ0) is 17.6. The highest BCUT2D eigenvalue weighted by Gasteiger charge is 2.34. The molecule has 5 nitrogen and oxygen atoms in total. The van der Waals surface area contributed by atoms with Gasteiger partial charge in [-0.3, -0.25) is 14.5 Å². The van der Waals surface area contributed by atoms with Crippen molar-refractivity contribution in [3.05, 3.63) is 35.4 Å². The Labute approximate surface area is 149 Å². The highest BCUT2D eigenvalue weighted by molar-refractivity contribution is 6.21. The van der Waals surface area contributed by atoms with Crippen LogP contribution in [-0.4, -0.2) is 60.5 Å². The van der Waals surface area contributed by atoms with E-state index in [9.17, 15) is 9.59 Å². The van der Waals surface area contributed by atoms with Gasteiger partial charge in [0.15, 0.2) is 0 Å². The number of hydrogen-bond acceptors (Lipinski definition) is 4. The van der Waals surface area contributed by atoms with Crippen LogP contribution in [0.4, 0.5) is 0 Å². The molecule has 1 unspecified atom stereocenters. The molecule has 1 aromatic carbocycles. The minimum absolute atomic E-state index is 0.154. The molecule has 5 heteroatoms. The normalized spacial score (nSPS) is 20.4. The summed E-state index contributed by atoms with van der Waals surface area (Å²) in [6, 6.07) is 7.08. The van der Waals surface area contributed by atoms with E-state index >= 15 is 0 Å². The summed E-state index contributed by atoms with van der Waals surface area (Å²) in [7, 11) is 0. The van der Waals surface area contributed by atoms with Crippen molar-refractivity contribution in [1.29, 1.82) is 0 Å². The molecule has 3 rings (SSSR count). The van der Waals surface area contributed by atoms with Crippen molar-refractivity contribution in [1.82, 2.24) is 9.80 Å². The largest absolute Gasteiger partial charge is 0.377 e. The summed E-state index contributed by atoms with van der Waals surface area (Å²) in [5.74, 6) is -0.309.